The number of nitrogens with zero attached hydrogens (tertiary/aromatic N) is 2. The molecular formula is C4H7N3O4P-. The Kier molecular flexibility index (Phi) is 2.29. The normalized spacial score (nSPS) is 21.8. The van der Waals surface area contributed by atoms with Crippen LogP contribution in [0.25, 0.3) is 0 Å². The molecule has 0 aromatic carbocycles. The van der Waals surface area contributed by atoms with Gasteiger partial charge in [0.25, 0.3) is 0 Å². The van der Waals surface area contributed by atoms with Gasteiger partial charge in [-0.05, 0) is 0 Å². The Hall–Kier alpha value is -0.750. The quantitative estimate of drug-likeness (QED) is 0.425. The summed E-state index contributed by atoms with van der Waals surface area (Å²) in [7, 11) is -3.22. The number of nitrogens with one attached hydrogen (secondary N) is 1. The molecule has 0 atom stereocenters. The molecule has 8 heteroatoms. The molecule has 1 aliphatic rings. The maximum absolute atomic E-state index is 10.6. The number of carbonyl (C=O) groups is 1. The number of guanidine groups is 1. The van der Waals surface area contributed by atoms with Crippen LogP contribution in [0.5, 0.6) is 0 Å². The molecule has 7 nitrogen and oxygen atoms in total. The molecule has 0 aromatic rings. The number of rotatable bonds is 1. The van der Waals surface area contributed by atoms with Gasteiger partial charge in [-0.2, -0.15) is 0 Å². The van der Waals surface area contributed by atoms with E-state index in [1.165, 1.54) is 11.9 Å². The molecule has 1 amide bonds. The second kappa shape index (κ2) is 2.95. The first kappa shape index (κ1) is 9.34. The van der Waals surface area contributed by atoms with Crippen LogP contribution in [0.3, 0.4) is 0 Å². The predicted molar refractivity (Wildman–Crippen MR) is 37.3 cm³/mol. The van der Waals surface area contributed by atoms with Gasteiger partial charge in [-0.15, -0.1) is 0 Å². The van der Waals surface area contributed by atoms with Crippen LogP contribution in [-0.4, -0.2) is 35.3 Å². The summed E-state index contributed by atoms with van der Waals surface area (Å²) in [5.74, 6) is -0.509. The molecule has 68 valence electrons. The summed E-state index contributed by atoms with van der Waals surface area (Å²) in [6.07, 6.45) is 0. The highest BCUT2D eigenvalue weighted by Crippen LogP contribution is 2.35. The molecule has 0 aliphatic carbocycles. The Labute approximate surface area is 69.0 Å². The van der Waals surface area contributed by atoms with Crippen LogP contribution in [0.2, 0.25) is 0 Å². The smallest absolute Gasteiger partial charge is 0.246 e. The fourth-order valence-corrected chi connectivity index (χ4v) is 1.21. The molecule has 1 rings (SSSR count). The third-order valence-corrected chi connectivity index (χ3v) is 1.66. The molecule has 0 spiro atoms. The lowest BCUT2D eigenvalue weighted by molar-refractivity contribution is -0.331. The van der Waals surface area contributed by atoms with Crippen molar-refractivity contribution >= 4 is 20.0 Å². The zero-order valence-corrected chi connectivity index (χ0v) is 7.12. The van der Waals surface area contributed by atoms with Gasteiger partial charge in [0.1, 0.15) is 0 Å². The number of hydrogen-bond donors (Lipinski definition) is 2. The average Bonchev–Trinajstić information content (AvgIpc) is 2.06. The molecule has 12 heavy (non-hydrogen) atoms. The first-order valence-electron chi connectivity index (χ1n) is 3.03. The van der Waals surface area contributed by atoms with Crippen molar-refractivity contribution in [2.24, 2.45) is 4.76 Å². The van der Waals surface area contributed by atoms with Crippen molar-refractivity contribution in [2.75, 3.05) is 13.6 Å². The van der Waals surface area contributed by atoms with Crippen LogP contribution in [0, 0.1) is 0 Å². The van der Waals surface area contributed by atoms with Gasteiger partial charge < -0.3 is 14.7 Å². The summed E-state index contributed by atoms with van der Waals surface area (Å²) in [4.78, 5) is 40.8. The highest BCUT2D eigenvalue weighted by Gasteiger charge is 2.24. The Bertz CT molecular complexity index is 235. The van der Waals surface area contributed by atoms with Gasteiger partial charge in [0.05, 0.1) is 6.54 Å². The molecule has 0 saturated carbocycles. The summed E-state index contributed by atoms with van der Waals surface area (Å²) in [6, 6.07) is 0. The number of carbonyl (C=O) groups excluding carboxylic acids is 1. The maximum atomic E-state index is 10.6. The van der Waals surface area contributed by atoms with Crippen molar-refractivity contribution in [2.45, 2.75) is 0 Å². The molecule has 0 aromatic heterocycles. The predicted octanol–water partition coefficient (Wildman–Crippen LogP) is -3.21. The summed E-state index contributed by atoms with van der Waals surface area (Å²) >= 11 is 0. The van der Waals surface area contributed by atoms with E-state index in [0.29, 0.717) is 0 Å². The number of likely N-dealkylation sites (N-methyl/N-ethyl adjacent to an activating group) is 1. The molecule has 0 unspecified atom stereocenters. The minimum atomic E-state index is -4.70. The monoisotopic (exact) mass is 192 g/mol. The van der Waals surface area contributed by atoms with Crippen LogP contribution in [-0.2, 0) is 4.79 Å². The minimum Gasteiger partial charge on any atom is -0.639 e. The Morgan fingerprint density at radius 1 is 1.75 bits per heavy atom. The first-order valence-corrected chi connectivity index (χ1v) is 4.56. The lowest BCUT2D eigenvalue weighted by atomic mass is 10.6. The Morgan fingerprint density at radius 3 is 2.67 bits per heavy atom. The SMILES string of the molecule is CN1CC(=O)NC1=N[P+]([O-])([O-])O. The van der Waals surface area contributed by atoms with Crippen molar-refractivity contribution in [1.82, 2.24) is 10.2 Å². The maximum Gasteiger partial charge on any atom is 0.246 e. The Balaban J connectivity index is 2.76. The number of hydrogen-bond acceptors (Lipinski definition) is 5. The first-order chi connectivity index (χ1) is 5.38. The second-order valence-electron chi connectivity index (χ2n) is 2.32. The standard InChI is InChI=1S/C4H8N3O4P/c1-7-2-3(8)5-4(7)6-12(9,10)11/h2H2,1H3,(H3,5,6,8,9,10,11)/p-1. The molecule has 1 saturated heterocycles. The third-order valence-electron chi connectivity index (χ3n) is 1.21. The van der Waals surface area contributed by atoms with E-state index in [4.69, 9.17) is 4.89 Å². The topological polar surface area (TPSA) is 111 Å². The zero-order chi connectivity index (χ0) is 9.35. The van der Waals surface area contributed by atoms with Crippen molar-refractivity contribution in [1.29, 1.82) is 0 Å². The van der Waals surface area contributed by atoms with E-state index in [-0.39, 0.29) is 18.4 Å². The molecule has 1 aliphatic heterocycles. The Morgan fingerprint density at radius 2 is 2.33 bits per heavy atom. The van der Waals surface area contributed by atoms with Gasteiger partial charge >= 0.3 is 0 Å². The van der Waals surface area contributed by atoms with Gasteiger partial charge in [-0.3, -0.25) is 10.1 Å². The molecule has 2 N–H and O–H groups in total. The summed E-state index contributed by atoms with van der Waals surface area (Å²) in [6.45, 7) is 0.0405. The zero-order valence-electron chi connectivity index (χ0n) is 6.22. The van der Waals surface area contributed by atoms with E-state index in [1.54, 1.807) is 0 Å². The molecular weight excluding hydrogens is 185 g/mol. The molecule has 0 radical (unpaired) electrons. The number of amides is 1. The third kappa shape index (κ3) is 2.38. The van der Waals surface area contributed by atoms with Crippen molar-refractivity contribution < 1.29 is 19.5 Å². The van der Waals surface area contributed by atoms with Gasteiger partial charge in [-0.25, -0.2) is 4.89 Å². The van der Waals surface area contributed by atoms with Crippen LogP contribution in [0.4, 0.5) is 0 Å². The molecule has 1 fully saturated rings. The van der Waals surface area contributed by atoms with E-state index in [2.05, 4.69) is 10.1 Å². The van der Waals surface area contributed by atoms with E-state index >= 15 is 0 Å². The van der Waals surface area contributed by atoms with Crippen molar-refractivity contribution in [3.05, 3.63) is 0 Å². The van der Waals surface area contributed by atoms with E-state index in [1.807, 2.05) is 0 Å². The van der Waals surface area contributed by atoms with Crippen LogP contribution in [0.1, 0.15) is 0 Å². The van der Waals surface area contributed by atoms with E-state index < -0.39 is 8.09 Å². The average molecular weight is 192 g/mol. The largest absolute Gasteiger partial charge is 0.639 e. The fraction of sp³-hybridized carbons (Fsp3) is 0.500. The lowest BCUT2D eigenvalue weighted by Crippen LogP contribution is -2.30. The molecule has 1 heterocycles. The van der Waals surface area contributed by atoms with E-state index in [9.17, 15) is 14.6 Å². The van der Waals surface area contributed by atoms with Crippen LogP contribution >= 0.6 is 8.09 Å². The second-order valence-corrected chi connectivity index (χ2v) is 3.50. The van der Waals surface area contributed by atoms with Gasteiger partial charge in [0.2, 0.25) is 11.9 Å². The fourth-order valence-electron chi connectivity index (χ4n) is 0.771. The van der Waals surface area contributed by atoms with E-state index in [0.717, 1.165) is 0 Å². The van der Waals surface area contributed by atoms with Crippen molar-refractivity contribution in [3.63, 3.8) is 0 Å². The summed E-state index contributed by atoms with van der Waals surface area (Å²) in [5, 5.41) is 2.16. The highest BCUT2D eigenvalue weighted by molar-refractivity contribution is 7.54. The molecule has 0 bridgehead atoms. The van der Waals surface area contributed by atoms with Crippen molar-refractivity contribution in [3.8, 4) is 0 Å². The minimum absolute atomic E-state index is 0.0405. The van der Waals surface area contributed by atoms with Gasteiger partial charge in [-0.1, -0.05) is 4.76 Å². The highest BCUT2D eigenvalue weighted by atomic mass is 31.2. The summed E-state index contributed by atoms with van der Waals surface area (Å²) < 4.78 is 2.91. The van der Waals surface area contributed by atoms with Gasteiger partial charge in [0, 0.05) is 7.05 Å². The van der Waals surface area contributed by atoms with Crippen LogP contribution < -0.4 is 15.1 Å². The summed E-state index contributed by atoms with van der Waals surface area (Å²) in [5.41, 5.74) is 0. The van der Waals surface area contributed by atoms with Crippen LogP contribution in [0.15, 0.2) is 4.76 Å². The lowest BCUT2D eigenvalue weighted by Gasteiger charge is -2.21. The van der Waals surface area contributed by atoms with Gasteiger partial charge in [0.15, 0.2) is 8.09 Å².